The fraction of sp³-hybridized carbons (Fsp3) is 0.297. The molecule has 0 fully saturated rings. The van der Waals surface area contributed by atoms with Gasteiger partial charge in [-0.1, -0.05) is 78.1 Å². The van der Waals surface area contributed by atoms with Crippen LogP contribution >= 0.6 is 34.8 Å². The molecule has 1 N–H and O–H groups in total. The van der Waals surface area contributed by atoms with Crippen LogP contribution in [0.3, 0.4) is 0 Å². The second-order valence-corrected chi connectivity index (χ2v) is 14.8. The Hall–Kier alpha value is -4.16. The summed E-state index contributed by atoms with van der Waals surface area (Å²) in [6.45, 7) is 2.91. The maximum Gasteiger partial charge on any atom is 0.265 e. The first-order valence-corrected chi connectivity index (χ1v) is 18.6. The minimum atomic E-state index is -4.54. The van der Waals surface area contributed by atoms with Gasteiger partial charge >= 0.3 is 0 Å². The molecule has 0 saturated carbocycles. The van der Waals surface area contributed by atoms with Crippen molar-refractivity contribution in [2.24, 2.45) is 0 Å². The summed E-state index contributed by atoms with van der Waals surface area (Å²) >= 11 is 19.2. The topological polar surface area (TPSA) is 114 Å². The number of hydrogen-bond donors (Lipinski definition) is 1. The van der Waals surface area contributed by atoms with E-state index < -0.39 is 34.4 Å². The van der Waals surface area contributed by atoms with Crippen LogP contribution in [0.15, 0.2) is 89.8 Å². The molecule has 0 bridgehead atoms. The van der Waals surface area contributed by atoms with E-state index >= 15 is 0 Å². The van der Waals surface area contributed by atoms with E-state index in [1.54, 1.807) is 12.1 Å². The highest BCUT2D eigenvalue weighted by Gasteiger charge is 2.36. The average Bonchev–Trinajstić information content (AvgIpc) is 3.12. The van der Waals surface area contributed by atoms with Crippen molar-refractivity contribution in [3.05, 3.63) is 111 Å². The average molecular weight is 777 g/mol. The van der Waals surface area contributed by atoms with E-state index in [2.05, 4.69) is 5.32 Å². The monoisotopic (exact) mass is 775 g/mol. The van der Waals surface area contributed by atoms with Gasteiger partial charge in [0.2, 0.25) is 11.8 Å². The van der Waals surface area contributed by atoms with E-state index in [9.17, 15) is 18.0 Å². The highest BCUT2D eigenvalue weighted by atomic mass is 35.5. The van der Waals surface area contributed by atoms with E-state index in [0.29, 0.717) is 22.8 Å². The summed E-state index contributed by atoms with van der Waals surface area (Å²) in [5.74, 6) is -0.513. The van der Waals surface area contributed by atoms with Crippen molar-refractivity contribution in [2.75, 3.05) is 32.2 Å². The molecule has 0 heterocycles. The van der Waals surface area contributed by atoms with E-state index in [4.69, 9.17) is 49.0 Å². The molecule has 4 aromatic carbocycles. The molecular weight excluding hydrogens is 737 g/mol. The first-order valence-electron chi connectivity index (χ1n) is 16.0. The third-order valence-corrected chi connectivity index (χ3v) is 10.8. The molecule has 0 aliphatic rings. The molecule has 0 saturated heterocycles. The first-order chi connectivity index (χ1) is 24.3. The molecule has 4 aromatic rings. The maximum atomic E-state index is 14.8. The highest BCUT2D eigenvalue weighted by molar-refractivity contribution is 7.92. The summed E-state index contributed by atoms with van der Waals surface area (Å²) in [4.78, 5) is 30.1. The van der Waals surface area contributed by atoms with Gasteiger partial charge in [0.15, 0.2) is 11.5 Å². The number of carbonyl (C=O) groups is 2. The molecule has 0 unspecified atom stereocenters. The van der Waals surface area contributed by atoms with Gasteiger partial charge in [0, 0.05) is 40.1 Å². The molecule has 0 aliphatic heterocycles. The second kappa shape index (κ2) is 17.9. The summed E-state index contributed by atoms with van der Waals surface area (Å²) in [7, 11) is -0.351. The molecule has 0 spiro atoms. The van der Waals surface area contributed by atoms with Crippen LogP contribution in [0.4, 0.5) is 5.69 Å². The third-order valence-electron chi connectivity index (χ3n) is 8.26. The lowest BCUT2D eigenvalue weighted by Crippen LogP contribution is -2.54. The zero-order valence-electron chi connectivity index (χ0n) is 28.9. The molecule has 2 amide bonds. The lowest BCUT2D eigenvalue weighted by atomic mass is 10.0. The van der Waals surface area contributed by atoms with Crippen molar-refractivity contribution >= 4 is 62.3 Å². The first kappa shape index (κ1) is 39.6. The van der Waals surface area contributed by atoms with Crippen molar-refractivity contribution in [2.45, 2.75) is 50.2 Å². The highest BCUT2D eigenvalue weighted by Crippen LogP contribution is 2.37. The Morgan fingerprint density at radius 3 is 2.06 bits per heavy atom. The number of hydrogen-bond acceptors (Lipinski definition) is 7. The number of anilines is 1. The van der Waals surface area contributed by atoms with Crippen LogP contribution in [0.1, 0.15) is 31.4 Å². The summed E-state index contributed by atoms with van der Waals surface area (Å²) in [5.41, 5.74) is 1.29. The lowest BCUT2D eigenvalue weighted by molar-refractivity contribution is -0.140. The Balaban J connectivity index is 1.91. The quantitative estimate of drug-likeness (QED) is 0.126. The largest absolute Gasteiger partial charge is 0.495 e. The number of sulfonamides is 1. The molecule has 2 atom stereocenters. The van der Waals surface area contributed by atoms with Crippen LogP contribution in [0, 0.1) is 0 Å². The number of rotatable bonds is 16. The van der Waals surface area contributed by atoms with Gasteiger partial charge in [-0.25, -0.2) is 8.42 Å². The smallest absolute Gasteiger partial charge is 0.265 e. The second-order valence-electron chi connectivity index (χ2n) is 11.6. The van der Waals surface area contributed by atoms with Crippen molar-refractivity contribution < 1.29 is 32.2 Å². The number of carbonyl (C=O) groups excluding carboxylic acids is 2. The molecular formula is C37H40Cl3N3O7S. The standard InChI is InChI=1S/C37H40Cl3N3O7S/c1-6-24(2)41-37(45)32(18-25-10-8-7-9-11-25)42(22-26-12-13-27(38)19-30(26)40)36(44)23-43(31-20-28(39)14-16-33(31)48-3)51(46,47)29-15-17-34(49-4)35(21-29)50-5/h7-17,19-21,24,32H,6,18,22-23H2,1-5H3,(H,41,45)/t24-,32-/m0/s1. The molecule has 0 aromatic heterocycles. The molecule has 4 rings (SSSR count). The van der Waals surface area contributed by atoms with Crippen molar-refractivity contribution in [1.82, 2.24) is 10.2 Å². The van der Waals surface area contributed by atoms with E-state index in [-0.39, 0.29) is 51.1 Å². The minimum Gasteiger partial charge on any atom is -0.495 e. The molecule has 0 radical (unpaired) electrons. The van der Waals surface area contributed by atoms with Crippen molar-refractivity contribution in [1.29, 1.82) is 0 Å². The maximum absolute atomic E-state index is 14.8. The Kier molecular flexibility index (Phi) is 13.9. The van der Waals surface area contributed by atoms with E-state index in [0.717, 1.165) is 9.87 Å². The van der Waals surface area contributed by atoms with Crippen LogP contribution in [0.5, 0.6) is 17.2 Å². The Morgan fingerprint density at radius 2 is 1.43 bits per heavy atom. The SMILES string of the molecule is CC[C@H](C)NC(=O)[C@H](Cc1ccccc1)N(Cc1ccc(Cl)cc1Cl)C(=O)CN(c1cc(Cl)ccc1OC)S(=O)(=O)c1ccc(OC)c(OC)c1. The zero-order chi connectivity index (χ0) is 37.3. The Labute approximate surface area is 314 Å². The number of methoxy groups -OCH3 is 3. The van der Waals surface area contributed by atoms with Gasteiger partial charge in [0.05, 0.1) is 31.9 Å². The number of ether oxygens (including phenoxy) is 3. The van der Waals surface area contributed by atoms with Crippen LogP contribution < -0.4 is 23.8 Å². The predicted octanol–water partition coefficient (Wildman–Crippen LogP) is 7.42. The van der Waals surface area contributed by atoms with Gasteiger partial charge in [-0.15, -0.1) is 0 Å². The number of amides is 2. The van der Waals surface area contributed by atoms with Gasteiger partial charge in [0.1, 0.15) is 18.3 Å². The summed E-state index contributed by atoms with van der Waals surface area (Å²) in [5, 5.41) is 3.86. The number of nitrogens with zero attached hydrogens (tertiary/aromatic N) is 2. The third kappa shape index (κ3) is 9.79. The van der Waals surface area contributed by atoms with Gasteiger partial charge in [-0.3, -0.25) is 13.9 Å². The molecule has 0 aliphatic carbocycles. The van der Waals surface area contributed by atoms with Crippen molar-refractivity contribution in [3.63, 3.8) is 0 Å². The molecule has 272 valence electrons. The van der Waals surface area contributed by atoms with Crippen LogP contribution in [-0.2, 0) is 32.6 Å². The molecule has 10 nitrogen and oxygen atoms in total. The number of benzene rings is 4. The van der Waals surface area contributed by atoms with Crippen LogP contribution in [0.25, 0.3) is 0 Å². The van der Waals surface area contributed by atoms with Gasteiger partial charge < -0.3 is 24.4 Å². The van der Waals surface area contributed by atoms with E-state index in [1.165, 1.54) is 68.7 Å². The lowest BCUT2D eigenvalue weighted by Gasteiger charge is -2.34. The summed E-state index contributed by atoms with van der Waals surface area (Å²) in [6, 6.07) is 21.3. The van der Waals surface area contributed by atoms with E-state index in [1.807, 2.05) is 44.2 Å². The number of nitrogens with one attached hydrogen (secondary N) is 1. The predicted molar refractivity (Wildman–Crippen MR) is 201 cm³/mol. The van der Waals surface area contributed by atoms with Crippen LogP contribution in [0.2, 0.25) is 15.1 Å². The Morgan fingerprint density at radius 1 is 0.804 bits per heavy atom. The zero-order valence-corrected chi connectivity index (χ0v) is 31.9. The molecule has 14 heteroatoms. The van der Waals surface area contributed by atoms with Crippen LogP contribution in [-0.4, -0.2) is 65.1 Å². The van der Waals surface area contributed by atoms with Gasteiger partial charge in [0.25, 0.3) is 10.0 Å². The van der Waals surface area contributed by atoms with Gasteiger partial charge in [-0.2, -0.15) is 0 Å². The fourth-order valence-corrected chi connectivity index (χ4v) is 7.37. The normalized spacial score (nSPS) is 12.4. The molecule has 51 heavy (non-hydrogen) atoms. The number of halogens is 3. The Bertz CT molecular complexity index is 1950. The van der Waals surface area contributed by atoms with Crippen molar-refractivity contribution in [3.8, 4) is 17.2 Å². The summed E-state index contributed by atoms with van der Waals surface area (Å²) in [6.07, 6.45) is 0.773. The fourth-order valence-electron chi connectivity index (χ4n) is 5.30. The van der Waals surface area contributed by atoms with Gasteiger partial charge in [-0.05, 0) is 66.9 Å². The minimum absolute atomic E-state index is 0.00118. The summed E-state index contributed by atoms with van der Waals surface area (Å²) < 4.78 is 46.4.